The Morgan fingerprint density at radius 1 is 1.33 bits per heavy atom. The van der Waals surface area contributed by atoms with Gasteiger partial charge in [-0.1, -0.05) is 42.8 Å². The van der Waals surface area contributed by atoms with Gasteiger partial charge in [0.15, 0.2) is 0 Å². The van der Waals surface area contributed by atoms with Gasteiger partial charge < -0.3 is 10.6 Å². The predicted octanol–water partition coefficient (Wildman–Crippen LogP) is 3.41. The third-order valence-corrected chi connectivity index (χ3v) is 2.94. The second kappa shape index (κ2) is 6.90. The molecule has 0 aromatic heterocycles. The second-order valence-electron chi connectivity index (χ2n) is 5.55. The van der Waals surface area contributed by atoms with E-state index in [9.17, 15) is 4.79 Å². The summed E-state index contributed by atoms with van der Waals surface area (Å²) >= 11 is 3.37. The standard InChI is InChI=1S/C14H21BrN2O/c1-14(2,3)7-8-16-10-13(18)17-12-6-4-5-11(15)9-12/h4-6,9,16H,7-8,10H2,1-3H3,(H,17,18). The first-order chi connectivity index (χ1) is 8.37. The lowest BCUT2D eigenvalue weighted by Gasteiger charge is -2.17. The van der Waals surface area contributed by atoms with Crippen molar-refractivity contribution in [2.45, 2.75) is 27.2 Å². The van der Waals surface area contributed by atoms with Crippen LogP contribution in [0, 0.1) is 5.41 Å². The normalized spacial score (nSPS) is 11.3. The molecule has 18 heavy (non-hydrogen) atoms. The smallest absolute Gasteiger partial charge is 0.238 e. The van der Waals surface area contributed by atoms with Crippen LogP contribution in [-0.4, -0.2) is 19.0 Å². The molecule has 3 nitrogen and oxygen atoms in total. The van der Waals surface area contributed by atoms with Gasteiger partial charge in [-0.05, 0) is 36.6 Å². The van der Waals surface area contributed by atoms with E-state index in [0.717, 1.165) is 23.1 Å². The van der Waals surface area contributed by atoms with Crippen LogP contribution < -0.4 is 10.6 Å². The first-order valence-corrected chi connectivity index (χ1v) is 6.92. The van der Waals surface area contributed by atoms with Crippen molar-refractivity contribution in [3.8, 4) is 0 Å². The summed E-state index contributed by atoms with van der Waals surface area (Å²) in [5, 5.41) is 6.00. The largest absolute Gasteiger partial charge is 0.325 e. The van der Waals surface area contributed by atoms with E-state index in [4.69, 9.17) is 0 Å². The van der Waals surface area contributed by atoms with Gasteiger partial charge in [-0.3, -0.25) is 4.79 Å². The zero-order valence-electron chi connectivity index (χ0n) is 11.2. The Morgan fingerprint density at radius 2 is 2.06 bits per heavy atom. The Kier molecular flexibility index (Phi) is 5.82. The Bertz CT molecular complexity index is 399. The average Bonchev–Trinajstić information content (AvgIpc) is 2.23. The van der Waals surface area contributed by atoms with Gasteiger partial charge in [0.2, 0.25) is 5.91 Å². The quantitative estimate of drug-likeness (QED) is 0.818. The molecule has 1 aromatic carbocycles. The van der Waals surface area contributed by atoms with Crippen LogP contribution in [0.25, 0.3) is 0 Å². The van der Waals surface area contributed by atoms with Crippen molar-refractivity contribution in [1.29, 1.82) is 0 Å². The molecule has 0 radical (unpaired) electrons. The van der Waals surface area contributed by atoms with Crippen LogP contribution in [0.4, 0.5) is 5.69 Å². The summed E-state index contributed by atoms with van der Waals surface area (Å²) in [6.07, 6.45) is 1.05. The van der Waals surface area contributed by atoms with Crippen LogP contribution >= 0.6 is 15.9 Å². The van der Waals surface area contributed by atoms with Crippen molar-refractivity contribution in [3.05, 3.63) is 28.7 Å². The van der Waals surface area contributed by atoms with Crippen LogP contribution in [0.3, 0.4) is 0 Å². The van der Waals surface area contributed by atoms with E-state index in [2.05, 4.69) is 47.3 Å². The summed E-state index contributed by atoms with van der Waals surface area (Å²) in [6.45, 7) is 7.78. The second-order valence-corrected chi connectivity index (χ2v) is 6.46. The zero-order chi connectivity index (χ0) is 13.6. The molecule has 4 heteroatoms. The summed E-state index contributed by atoms with van der Waals surface area (Å²) < 4.78 is 0.959. The number of amides is 1. The summed E-state index contributed by atoms with van der Waals surface area (Å²) in [7, 11) is 0. The topological polar surface area (TPSA) is 41.1 Å². The molecular weight excluding hydrogens is 292 g/mol. The highest BCUT2D eigenvalue weighted by Crippen LogP contribution is 2.17. The first kappa shape index (κ1) is 15.2. The van der Waals surface area contributed by atoms with E-state index in [1.54, 1.807) is 0 Å². The third-order valence-electron chi connectivity index (χ3n) is 2.45. The predicted molar refractivity (Wildman–Crippen MR) is 79.7 cm³/mol. The minimum atomic E-state index is -0.0120. The van der Waals surface area contributed by atoms with Gasteiger partial charge in [0, 0.05) is 10.2 Å². The Hall–Kier alpha value is -0.870. The molecule has 0 fully saturated rings. The molecule has 0 spiro atoms. The summed E-state index contributed by atoms with van der Waals surface area (Å²) in [5.74, 6) is -0.0120. The third kappa shape index (κ3) is 6.77. The Balaban J connectivity index is 2.26. The van der Waals surface area contributed by atoms with Gasteiger partial charge in [-0.2, -0.15) is 0 Å². The SMILES string of the molecule is CC(C)(C)CCNCC(=O)Nc1cccc(Br)c1. The van der Waals surface area contributed by atoms with Crippen LogP contribution in [0.2, 0.25) is 0 Å². The fourth-order valence-electron chi connectivity index (χ4n) is 1.44. The molecule has 100 valence electrons. The first-order valence-electron chi connectivity index (χ1n) is 6.13. The maximum atomic E-state index is 11.7. The van der Waals surface area contributed by atoms with E-state index >= 15 is 0 Å². The Labute approximate surface area is 117 Å². The van der Waals surface area contributed by atoms with Gasteiger partial charge in [0.05, 0.1) is 6.54 Å². The molecule has 0 atom stereocenters. The van der Waals surface area contributed by atoms with E-state index in [0.29, 0.717) is 12.0 Å². The highest BCUT2D eigenvalue weighted by atomic mass is 79.9. The van der Waals surface area contributed by atoms with Crippen molar-refractivity contribution in [2.24, 2.45) is 5.41 Å². The molecule has 0 bridgehead atoms. The minimum Gasteiger partial charge on any atom is -0.325 e. The number of carbonyl (C=O) groups excluding carboxylic acids is 1. The molecule has 0 heterocycles. The van der Waals surface area contributed by atoms with E-state index in [-0.39, 0.29) is 5.91 Å². The van der Waals surface area contributed by atoms with Gasteiger partial charge in [0.1, 0.15) is 0 Å². The van der Waals surface area contributed by atoms with Gasteiger partial charge >= 0.3 is 0 Å². The van der Waals surface area contributed by atoms with Crippen LogP contribution in [0.1, 0.15) is 27.2 Å². The number of anilines is 1. The molecule has 0 saturated heterocycles. The molecule has 1 aromatic rings. The number of carbonyl (C=O) groups is 1. The Morgan fingerprint density at radius 3 is 2.67 bits per heavy atom. The molecule has 0 aliphatic rings. The molecule has 0 aliphatic carbocycles. The van der Waals surface area contributed by atoms with Crippen molar-refractivity contribution in [3.63, 3.8) is 0 Å². The van der Waals surface area contributed by atoms with Crippen LogP contribution in [-0.2, 0) is 4.79 Å². The number of benzene rings is 1. The molecule has 0 aliphatic heterocycles. The van der Waals surface area contributed by atoms with Crippen molar-refractivity contribution < 1.29 is 4.79 Å². The fraction of sp³-hybridized carbons (Fsp3) is 0.500. The summed E-state index contributed by atoms with van der Waals surface area (Å²) in [5.41, 5.74) is 1.11. The summed E-state index contributed by atoms with van der Waals surface area (Å²) in [4.78, 5) is 11.7. The molecular formula is C14H21BrN2O. The van der Waals surface area contributed by atoms with Crippen molar-refractivity contribution in [2.75, 3.05) is 18.4 Å². The van der Waals surface area contributed by atoms with E-state index < -0.39 is 0 Å². The molecule has 1 amide bonds. The van der Waals surface area contributed by atoms with Crippen LogP contribution in [0.15, 0.2) is 28.7 Å². The number of rotatable bonds is 5. The highest BCUT2D eigenvalue weighted by Gasteiger charge is 2.09. The zero-order valence-corrected chi connectivity index (χ0v) is 12.8. The number of hydrogen-bond donors (Lipinski definition) is 2. The van der Waals surface area contributed by atoms with Crippen molar-refractivity contribution in [1.82, 2.24) is 5.32 Å². The lowest BCUT2D eigenvalue weighted by atomic mass is 9.92. The number of nitrogens with one attached hydrogen (secondary N) is 2. The summed E-state index contributed by atoms with van der Waals surface area (Å²) in [6, 6.07) is 7.58. The number of halogens is 1. The molecule has 0 saturated carbocycles. The van der Waals surface area contributed by atoms with Crippen LogP contribution in [0.5, 0.6) is 0 Å². The van der Waals surface area contributed by atoms with Gasteiger partial charge in [0.25, 0.3) is 0 Å². The molecule has 2 N–H and O–H groups in total. The minimum absolute atomic E-state index is 0.0120. The number of hydrogen-bond acceptors (Lipinski definition) is 2. The van der Waals surface area contributed by atoms with E-state index in [1.807, 2.05) is 24.3 Å². The average molecular weight is 313 g/mol. The maximum Gasteiger partial charge on any atom is 0.238 e. The van der Waals surface area contributed by atoms with Crippen molar-refractivity contribution >= 4 is 27.5 Å². The lowest BCUT2D eigenvalue weighted by Crippen LogP contribution is -2.30. The molecule has 0 unspecified atom stereocenters. The maximum absolute atomic E-state index is 11.7. The molecule has 1 rings (SSSR count). The fourth-order valence-corrected chi connectivity index (χ4v) is 1.84. The van der Waals surface area contributed by atoms with Gasteiger partial charge in [-0.25, -0.2) is 0 Å². The highest BCUT2D eigenvalue weighted by molar-refractivity contribution is 9.10. The van der Waals surface area contributed by atoms with E-state index in [1.165, 1.54) is 0 Å². The monoisotopic (exact) mass is 312 g/mol. The lowest BCUT2D eigenvalue weighted by molar-refractivity contribution is -0.115. The van der Waals surface area contributed by atoms with Gasteiger partial charge in [-0.15, -0.1) is 0 Å².